The summed E-state index contributed by atoms with van der Waals surface area (Å²) in [4.78, 5) is 18.3. The zero-order valence-corrected chi connectivity index (χ0v) is 16.7. The number of esters is 1. The summed E-state index contributed by atoms with van der Waals surface area (Å²) in [6.45, 7) is 3.24. The van der Waals surface area contributed by atoms with Gasteiger partial charge in [-0.25, -0.2) is 14.2 Å². The number of aryl methyl sites for hydroxylation is 1. The van der Waals surface area contributed by atoms with Crippen LogP contribution < -0.4 is 4.74 Å². The minimum absolute atomic E-state index is 0.294. The van der Waals surface area contributed by atoms with Gasteiger partial charge < -0.3 is 13.9 Å². The fourth-order valence-corrected chi connectivity index (χ4v) is 3.39. The van der Waals surface area contributed by atoms with Crippen LogP contribution in [0.15, 0.2) is 40.1 Å². The highest BCUT2D eigenvalue weighted by atomic mass is 32.1. The van der Waals surface area contributed by atoms with Gasteiger partial charge in [-0.1, -0.05) is 0 Å². The number of benzene rings is 1. The van der Waals surface area contributed by atoms with Crippen molar-refractivity contribution in [3.63, 3.8) is 0 Å². The van der Waals surface area contributed by atoms with Crippen LogP contribution in [0.3, 0.4) is 0 Å². The quantitative estimate of drug-likeness (QED) is 0.525. The number of aromatic nitrogens is 1. The van der Waals surface area contributed by atoms with Crippen LogP contribution in [0, 0.1) is 12.7 Å². The van der Waals surface area contributed by atoms with Gasteiger partial charge in [-0.05, 0) is 44.3 Å². The zero-order chi connectivity index (χ0) is 20.1. The maximum Gasteiger partial charge on any atom is 0.341 e. The van der Waals surface area contributed by atoms with Crippen LogP contribution in [0.25, 0.3) is 0 Å². The lowest BCUT2D eigenvalue weighted by Crippen LogP contribution is -2.17. The summed E-state index contributed by atoms with van der Waals surface area (Å²) in [5, 5.41) is 2.82. The number of ether oxygens (including phenoxy) is 2. The van der Waals surface area contributed by atoms with Gasteiger partial charge in [0.05, 0.1) is 19.3 Å². The summed E-state index contributed by atoms with van der Waals surface area (Å²) >= 11 is 1.51. The van der Waals surface area contributed by atoms with Gasteiger partial charge in [0.25, 0.3) is 0 Å². The van der Waals surface area contributed by atoms with E-state index in [9.17, 15) is 9.18 Å². The van der Waals surface area contributed by atoms with Crippen LogP contribution >= 0.6 is 11.3 Å². The number of thiazole rings is 1. The lowest BCUT2D eigenvalue weighted by molar-refractivity contribution is 0.0599. The molecule has 0 atom stereocenters. The largest absolute Gasteiger partial charge is 0.486 e. The summed E-state index contributed by atoms with van der Waals surface area (Å²) in [5.74, 6) is 1.14. The van der Waals surface area contributed by atoms with Crippen molar-refractivity contribution in [2.45, 2.75) is 26.6 Å². The average molecular weight is 404 g/mol. The van der Waals surface area contributed by atoms with Crippen molar-refractivity contribution in [2.75, 3.05) is 14.2 Å². The molecule has 0 bridgehead atoms. The molecule has 0 radical (unpaired) electrons. The van der Waals surface area contributed by atoms with Crippen LogP contribution in [0.5, 0.6) is 5.75 Å². The molecule has 0 aliphatic carbocycles. The molecule has 6 nitrogen and oxygen atoms in total. The van der Waals surface area contributed by atoms with E-state index in [1.54, 1.807) is 25.1 Å². The van der Waals surface area contributed by atoms with Gasteiger partial charge in [-0.3, -0.25) is 4.90 Å². The van der Waals surface area contributed by atoms with Crippen LogP contribution in [-0.4, -0.2) is 30.0 Å². The number of halogens is 1. The lowest BCUT2D eigenvalue weighted by Gasteiger charge is -2.13. The Balaban J connectivity index is 1.53. The lowest BCUT2D eigenvalue weighted by atomic mass is 10.2. The molecule has 0 aliphatic rings. The summed E-state index contributed by atoms with van der Waals surface area (Å²) in [7, 11) is 3.30. The van der Waals surface area contributed by atoms with Crippen molar-refractivity contribution >= 4 is 17.3 Å². The van der Waals surface area contributed by atoms with Crippen molar-refractivity contribution < 1.29 is 23.1 Å². The Labute approximate surface area is 166 Å². The molecule has 0 unspecified atom stereocenters. The molecule has 0 saturated heterocycles. The highest BCUT2D eigenvalue weighted by molar-refractivity contribution is 7.09. The van der Waals surface area contributed by atoms with E-state index in [2.05, 4.69) is 4.98 Å². The van der Waals surface area contributed by atoms with Crippen molar-refractivity contribution in [3.05, 3.63) is 69.3 Å². The molecule has 8 heteroatoms. The van der Waals surface area contributed by atoms with Gasteiger partial charge in [0.2, 0.25) is 0 Å². The molecule has 3 rings (SSSR count). The standard InChI is InChI=1S/C20H21FN2O4S/c1-13-18(20(24)25-3)8-17(27-13)10-23(2)9-15-12-28-19(22-15)11-26-16-6-4-14(21)5-7-16/h4-8,12H,9-11H2,1-3H3. The molecule has 1 aromatic carbocycles. The molecule has 0 saturated carbocycles. The Bertz CT molecular complexity index is 936. The number of methoxy groups -OCH3 is 1. The van der Waals surface area contributed by atoms with Crippen molar-refractivity contribution in [2.24, 2.45) is 0 Å². The molecule has 2 heterocycles. The summed E-state index contributed by atoms with van der Waals surface area (Å²) < 4.78 is 28.9. The van der Waals surface area contributed by atoms with Crippen molar-refractivity contribution in [1.82, 2.24) is 9.88 Å². The fourth-order valence-electron chi connectivity index (χ4n) is 2.70. The van der Waals surface area contributed by atoms with E-state index in [0.29, 0.717) is 42.5 Å². The fraction of sp³-hybridized carbons (Fsp3) is 0.300. The molecule has 0 amide bonds. The first-order chi connectivity index (χ1) is 13.4. The molecule has 0 spiro atoms. The molecular formula is C20H21FN2O4S. The summed E-state index contributed by atoms with van der Waals surface area (Å²) in [6.07, 6.45) is 0. The summed E-state index contributed by atoms with van der Waals surface area (Å²) in [6, 6.07) is 7.61. The zero-order valence-electron chi connectivity index (χ0n) is 15.9. The first-order valence-electron chi connectivity index (χ1n) is 8.62. The maximum absolute atomic E-state index is 12.9. The van der Waals surface area contributed by atoms with Gasteiger partial charge in [-0.2, -0.15) is 0 Å². The number of carbonyl (C=O) groups excluding carboxylic acids is 1. The first kappa shape index (κ1) is 20.0. The van der Waals surface area contributed by atoms with E-state index in [-0.39, 0.29) is 5.82 Å². The molecule has 0 fully saturated rings. The van der Waals surface area contributed by atoms with Gasteiger partial charge >= 0.3 is 5.97 Å². The van der Waals surface area contributed by atoms with E-state index < -0.39 is 5.97 Å². The minimum Gasteiger partial charge on any atom is -0.486 e. The van der Waals surface area contributed by atoms with Crippen LogP contribution in [-0.2, 0) is 24.4 Å². The third-order valence-corrected chi connectivity index (χ3v) is 4.88. The van der Waals surface area contributed by atoms with Gasteiger partial charge in [0.1, 0.15) is 40.3 Å². The predicted octanol–water partition coefficient (Wildman–Crippen LogP) is 4.18. The predicted molar refractivity (Wildman–Crippen MR) is 103 cm³/mol. The van der Waals surface area contributed by atoms with E-state index in [4.69, 9.17) is 13.9 Å². The number of furan rings is 1. The second-order valence-electron chi connectivity index (χ2n) is 6.32. The van der Waals surface area contributed by atoms with Gasteiger partial charge in [0, 0.05) is 11.9 Å². The maximum atomic E-state index is 12.9. The SMILES string of the molecule is COC(=O)c1cc(CN(C)Cc2csc(COc3ccc(F)cc3)n2)oc1C. The van der Waals surface area contributed by atoms with Gasteiger partial charge in [0.15, 0.2) is 0 Å². The second-order valence-corrected chi connectivity index (χ2v) is 7.26. The number of nitrogens with zero attached hydrogens (tertiary/aromatic N) is 2. The Morgan fingerprint density at radius 2 is 2.04 bits per heavy atom. The van der Waals surface area contributed by atoms with Crippen LogP contribution in [0.2, 0.25) is 0 Å². The average Bonchev–Trinajstić information content (AvgIpc) is 3.26. The Hall–Kier alpha value is -2.71. The van der Waals surface area contributed by atoms with E-state index >= 15 is 0 Å². The molecule has 0 N–H and O–H groups in total. The van der Waals surface area contributed by atoms with Crippen molar-refractivity contribution in [3.8, 4) is 5.75 Å². The molecule has 3 aromatic rings. The molecule has 0 aliphatic heterocycles. The number of carbonyl (C=O) groups is 1. The molecular weight excluding hydrogens is 383 g/mol. The van der Waals surface area contributed by atoms with Crippen LogP contribution in [0.4, 0.5) is 4.39 Å². The van der Waals surface area contributed by atoms with E-state index in [1.807, 2.05) is 17.3 Å². The highest BCUT2D eigenvalue weighted by Gasteiger charge is 2.16. The van der Waals surface area contributed by atoms with Crippen molar-refractivity contribution in [1.29, 1.82) is 0 Å². The van der Waals surface area contributed by atoms with Gasteiger partial charge in [-0.15, -0.1) is 11.3 Å². The number of hydrogen-bond donors (Lipinski definition) is 0. The Kier molecular flexibility index (Phi) is 6.43. The third-order valence-electron chi connectivity index (χ3n) is 4.01. The Morgan fingerprint density at radius 3 is 2.75 bits per heavy atom. The summed E-state index contributed by atoms with van der Waals surface area (Å²) in [5.41, 5.74) is 1.36. The third kappa shape index (κ3) is 5.17. The molecule has 2 aromatic heterocycles. The van der Waals surface area contributed by atoms with Crippen LogP contribution in [0.1, 0.15) is 32.6 Å². The Morgan fingerprint density at radius 1 is 1.29 bits per heavy atom. The first-order valence-corrected chi connectivity index (χ1v) is 9.50. The molecule has 28 heavy (non-hydrogen) atoms. The number of hydrogen-bond acceptors (Lipinski definition) is 7. The molecule has 148 valence electrons. The van der Waals surface area contributed by atoms with E-state index in [1.165, 1.54) is 30.6 Å². The highest BCUT2D eigenvalue weighted by Crippen LogP contribution is 2.19. The number of rotatable bonds is 8. The monoisotopic (exact) mass is 404 g/mol. The minimum atomic E-state index is -0.402. The normalized spacial score (nSPS) is 11.0. The smallest absolute Gasteiger partial charge is 0.341 e. The second kappa shape index (κ2) is 8.99. The topological polar surface area (TPSA) is 64.8 Å². The van der Waals surface area contributed by atoms with E-state index in [0.717, 1.165) is 10.7 Å².